The molecule has 2 aromatic rings. The number of aryl methyl sites for hydroxylation is 1. The number of Topliss-reactive ketones (excluding diaryl/α,β-unsaturated/α-hetero) is 1. The van der Waals surface area contributed by atoms with Crippen LogP contribution in [0.25, 0.3) is 11.1 Å². The number of rotatable bonds is 4. The molecule has 1 unspecified atom stereocenters. The number of hydrogen-bond acceptors (Lipinski definition) is 2. The number of carbonyl (C=O) groups excluding carboxylic acids is 1. The first-order valence-corrected chi connectivity index (χ1v) is 7.48. The van der Waals surface area contributed by atoms with E-state index in [1.54, 1.807) is 6.92 Å². The van der Waals surface area contributed by atoms with Crippen molar-refractivity contribution >= 4 is 5.78 Å². The summed E-state index contributed by atoms with van der Waals surface area (Å²) in [5, 5.41) is 0. The van der Waals surface area contributed by atoms with E-state index in [4.69, 9.17) is 4.74 Å². The number of hydrogen-bond donors (Lipinski definition) is 0. The molecule has 0 saturated carbocycles. The summed E-state index contributed by atoms with van der Waals surface area (Å²) in [6.45, 7) is 6.32. The van der Waals surface area contributed by atoms with E-state index >= 15 is 0 Å². The minimum Gasteiger partial charge on any atom is -0.358 e. The van der Waals surface area contributed by atoms with Gasteiger partial charge in [-0.15, -0.1) is 0 Å². The van der Waals surface area contributed by atoms with Gasteiger partial charge in [-0.3, -0.25) is 4.79 Å². The van der Waals surface area contributed by atoms with Crippen LogP contribution < -0.4 is 0 Å². The Kier molecular flexibility index (Phi) is 3.42. The van der Waals surface area contributed by atoms with E-state index < -0.39 is 5.60 Å². The van der Waals surface area contributed by atoms with Crippen LogP contribution in [-0.2, 0) is 15.1 Å². The van der Waals surface area contributed by atoms with Gasteiger partial charge >= 0.3 is 0 Å². The van der Waals surface area contributed by atoms with E-state index in [1.165, 1.54) is 0 Å². The number of ketones is 1. The largest absolute Gasteiger partial charge is 0.358 e. The van der Waals surface area contributed by atoms with Crippen molar-refractivity contribution in [2.75, 3.05) is 6.61 Å². The van der Waals surface area contributed by atoms with Gasteiger partial charge in [-0.2, -0.15) is 0 Å². The van der Waals surface area contributed by atoms with E-state index in [-0.39, 0.29) is 5.78 Å². The van der Waals surface area contributed by atoms with Gasteiger partial charge in [0.2, 0.25) is 0 Å². The molecule has 0 N–H and O–H groups in total. The maximum absolute atomic E-state index is 12.6. The molecule has 3 rings (SSSR count). The molecule has 0 amide bonds. The van der Waals surface area contributed by atoms with Crippen molar-refractivity contribution in [3.8, 4) is 11.1 Å². The molecule has 21 heavy (non-hydrogen) atoms. The van der Waals surface area contributed by atoms with Crippen LogP contribution in [0.15, 0.2) is 42.5 Å². The molecule has 0 saturated heterocycles. The Hall–Kier alpha value is -1.93. The smallest absolute Gasteiger partial charge is 0.177 e. The Labute approximate surface area is 125 Å². The second-order valence-electron chi connectivity index (χ2n) is 5.63. The highest BCUT2D eigenvalue weighted by Crippen LogP contribution is 2.51. The lowest BCUT2D eigenvalue weighted by atomic mass is 9.85. The normalized spacial score (nSPS) is 19.2. The average molecular weight is 280 g/mol. The van der Waals surface area contributed by atoms with Crippen LogP contribution in [0.1, 0.15) is 37.0 Å². The highest BCUT2D eigenvalue weighted by Gasteiger charge is 2.48. The van der Waals surface area contributed by atoms with Crippen molar-refractivity contribution in [2.24, 2.45) is 0 Å². The zero-order valence-electron chi connectivity index (χ0n) is 12.8. The molecule has 0 aromatic heterocycles. The van der Waals surface area contributed by atoms with Crippen molar-refractivity contribution in [1.29, 1.82) is 0 Å². The zero-order valence-corrected chi connectivity index (χ0v) is 12.8. The molecule has 2 heteroatoms. The number of fused-ring (bicyclic) bond motifs is 3. The molecule has 108 valence electrons. The predicted octanol–water partition coefficient (Wildman–Crippen LogP) is 4.23. The second-order valence-corrected chi connectivity index (χ2v) is 5.63. The average Bonchev–Trinajstić information content (AvgIpc) is 2.78. The fourth-order valence-corrected chi connectivity index (χ4v) is 3.39. The predicted molar refractivity (Wildman–Crippen MR) is 84.3 cm³/mol. The lowest BCUT2D eigenvalue weighted by Crippen LogP contribution is -2.37. The van der Waals surface area contributed by atoms with E-state index in [0.717, 1.165) is 34.2 Å². The van der Waals surface area contributed by atoms with Gasteiger partial charge < -0.3 is 4.74 Å². The van der Waals surface area contributed by atoms with Crippen molar-refractivity contribution in [2.45, 2.75) is 32.8 Å². The molecule has 0 fully saturated rings. The quantitative estimate of drug-likeness (QED) is 0.837. The van der Waals surface area contributed by atoms with Crippen molar-refractivity contribution in [3.63, 3.8) is 0 Å². The Morgan fingerprint density at radius 3 is 2.52 bits per heavy atom. The van der Waals surface area contributed by atoms with Crippen LogP contribution in [0.3, 0.4) is 0 Å². The molecule has 0 heterocycles. The molecule has 2 aromatic carbocycles. The van der Waals surface area contributed by atoms with Crippen LogP contribution >= 0.6 is 0 Å². The zero-order chi connectivity index (χ0) is 15.0. The molecular weight excluding hydrogens is 260 g/mol. The summed E-state index contributed by atoms with van der Waals surface area (Å²) in [7, 11) is 0. The Morgan fingerprint density at radius 1 is 1.10 bits per heavy atom. The molecule has 2 nitrogen and oxygen atoms in total. The summed E-state index contributed by atoms with van der Waals surface area (Å²) < 4.78 is 6.19. The molecule has 0 aliphatic heterocycles. The minimum atomic E-state index is -0.937. The molecule has 0 bridgehead atoms. The van der Waals surface area contributed by atoms with Crippen LogP contribution in [0.5, 0.6) is 0 Å². The van der Waals surface area contributed by atoms with Crippen LogP contribution in [0.2, 0.25) is 0 Å². The van der Waals surface area contributed by atoms with Gasteiger partial charge in [-0.1, -0.05) is 49.4 Å². The Bertz CT molecular complexity index is 702. The highest BCUT2D eigenvalue weighted by molar-refractivity contribution is 5.99. The van der Waals surface area contributed by atoms with E-state index in [9.17, 15) is 4.79 Å². The van der Waals surface area contributed by atoms with E-state index in [2.05, 4.69) is 32.0 Å². The number of benzene rings is 2. The molecule has 0 radical (unpaired) electrons. The highest BCUT2D eigenvalue weighted by atomic mass is 16.5. The molecule has 0 spiro atoms. The third-order valence-electron chi connectivity index (χ3n) is 4.24. The number of ether oxygens (including phenoxy) is 1. The Morgan fingerprint density at radius 2 is 1.81 bits per heavy atom. The van der Waals surface area contributed by atoms with Gasteiger partial charge in [0, 0.05) is 17.7 Å². The number of carbonyl (C=O) groups is 1. The summed E-state index contributed by atoms with van der Waals surface area (Å²) in [5.41, 5.74) is 4.41. The summed E-state index contributed by atoms with van der Waals surface area (Å²) >= 11 is 0. The van der Waals surface area contributed by atoms with Crippen molar-refractivity contribution in [1.82, 2.24) is 0 Å². The maximum atomic E-state index is 12.6. The van der Waals surface area contributed by atoms with E-state index in [0.29, 0.717) is 6.61 Å². The first-order chi connectivity index (χ1) is 10.1. The van der Waals surface area contributed by atoms with Gasteiger partial charge in [0.05, 0.1) is 0 Å². The topological polar surface area (TPSA) is 26.3 Å². The van der Waals surface area contributed by atoms with E-state index in [1.807, 2.05) is 24.3 Å². The third kappa shape index (κ3) is 1.86. The Balaban J connectivity index is 2.36. The van der Waals surface area contributed by atoms with Crippen LogP contribution in [0.4, 0.5) is 0 Å². The molecule has 1 atom stereocenters. The first kappa shape index (κ1) is 14.0. The monoisotopic (exact) mass is 280 g/mol. The van der Waals surface area contributed by atoms with Gasteiger partial charge in [-0.25, -0.2) is 0 Å². The third-order valence-corrected chi connectivity index (χ3v) is 4.24. The van der Waals surface area contributed by atoms with Crippen molar-refractivity contribution in [3.05, 3.63) is 59.2 Å². The molecule has 1 aliphatic rings. The van der Waals surface area contributed by atoms with Crippen molar-refractivity contribution < 1.29 is 9.53 Å². The lowest BCUT2D eigenvalue weighted by Gasteiger charge is -2.30. The second kappa shape index (κ2) is 5.12. The first-order valence-electron chi connectivity index (χ1n) is 7.48. The maximum Gasteiger partial charge on any atom is 0.177 e. The lowest BCUT2D eigenvalue weighted by molar-refractivity contribution is -0.138. The fraction of sp³-hybridized carbons (Fsp3) is 0.316. The summed E-state index contributed by atoms with van der Waals surface area (Å²) in [4.78, 5) is 12.6. The summed E-state index contributed by atoms with van der Waals surface area (Å²) in [5.74, 6) is 0.0523. The van der Waals surface area contributed by atoms with Crippen LogP contribution in [-0.4, -0.2) is 12.4 Å². The SMILES string of the molecule is CCCOC1(C(C)=O)c2ccccc2-c2cccc(C)c21. The minimum absolute atomic E-state index is 0.0523. The van der Waals surface area contributed by atoms with Gasteiger partial charge in [-0.05, 0) is 37.0 Å². The van der Waals surface area contributed by atoms with Gasteiger partial charge in [0.15, 0.2) is 11.4 Å². The fourth-order valence-electron chi connectivity index (χ4n) is 3.39. The van der Waals surface area contributed by atoms with Crippen LogP contribution in [0, 0.1) is 6.92 Å². The summed E-state index contributed by atoms with van der Waals surface area (Å²) in [6.07, 6.45) is 0.887. The molecule has 1 aliphatic carbocycles. The van der Waals surface area contributed by atoms with Gasteiger partial charge in [0.25, 0.3) is 0 Å². The van der Waals surface area contributed by atoms with Gasteiger partial charge in [0.1, 0.15) is 0 Å². The summed E-state index contributed by atoms with van der Waals surface area (Å²) in [6, 6.07) is 14.3. The molecular formula is C19H20O2. The standard InChI is InChI=1S/C19H20O2/c1-4-12-21-19(14(3)20)17-11-6-5-9-15(17)16-10-7-8-13(2)18(16)19/h5-11H,4,12H2,1-3H3.